The summed E-state index contributed by atoms with van der Waals surface area (Å²) in [6.45, 7) is 5.53. The van der Waals surface area contributed by atoms with Gasteiger partial charge in [-0.1, -0.05) is 0 Å². The largest absolute Gasteiger partial charge is 0.311 e. The van der Waals surface area contributed by atoms with E-state index in [0.717, 1.165) is 17.0 Å². The lowest BCUT2D eigenvalue weighted by atomic mass is 10.1. The molecule has 0 unspecified atom stereocenters. The summed E-state index contributed by atoms with van der Waals surface area (Å²) in [7, 11) is 0. The number of nitro groups is 1. The minimum absolute atomic E-state index is 0.0244. The zero-order chi connectivity index (χ0) is 23.7. The van der Waals surface area contributed by atoms with Crippen LogP contribution in [0.5, 0.6) is 0 Å². The fourth-order valence-corrected chi connectivity index (χ4v) is 3.70. The van der Waals surface area contributed by atoms with Crippen LogP contribution in [0, 0.1) is 42.2 Å². The van der Waals surface area contributed by atoms with Crippen molar-refractivity contribution in [1.29, 1.82) is 5.26 Å². The van der Waals surface area contributed by atoms with E-state index in [1.807, 2.05) is 13.8 Å². The number of carbonyl (C=O) groups excluding carboxylic acids is 1. The number of nitriles is 1. The van der Waals surface area contributed by atoms with E-state index in [1.165, 1.54) is 23.0 Å². The Kier molecular flexibility index (Phi) is 5.58. The van der Waals surface area contributed by atoms with E-state index >= 15 is 0 Å². The maximum absolute atomic E-state index is 12.7. The zero-order valence-electron chi connectivity index (χ0n) is 18.2. The molecule has 1 aromatic carbocycles. The van der Waals surface area contributed by atoms with Crippen molar-refractivity contribution in [1.82, 2.24) is 24.4 Å². The molecule has 0 aliphatic heterocycles. The van der Waals surface area contributed by atoms with E-state index < -0.39 is 4.92 Å². The second kappa shape index (κ2) is 8.51. The summed E-state index contributed by atoms with van der Waals surface area (Å²) in [6, 6.07) is 9.74. The molecule has 3 heterocycles. The molecule has 3 aromatic heterocycles. The number of nitro benzene ring substituents is 1. The van der Waals surface area contributed by atoms with Crippen LogP contribution < -0.4 is 5.32 Å². The number of non-ortho nitro benzene ring substituents is 1. The minimum atomic E-state index is -0.471. The van der Waals surface area contributed by atoms with Crippen molar-refractivity contribution in [3.05, 3.63) is 74.9 Å². The Labute approximate surface area is 188 Å². The molecule has 0 bridgehead atoms. The van der Waals surface area contributed by atoms with Gasteiger partial charge in [-0.25, -0.2) is 14.2 Å². The Morgan fingerprint density at radius 1 is 1.24 bits per heavy atom. The number of hydrogen-bond acceptors (Lipinski definition) is 7. The van der Waals surface area contributed by atoms with E-state index in [2.05, 4.69) is 26.6 Å². The standard InChI is InChI=1S/C22H20N8O3/c1-13-10-20(29(27-13)17-4-6-18(7-5-17)30(32)33)26-21(31)9-8-19-14(2)25-22-16(11-23)12-24-28(22)15(19)3/h4-7,10,12H,8-9H2,1-3H3,(H,26,31). The maximum Gasteiger partial charge on any atom is 0.269 e. The molecule has 0 radical (unpaired) electrons. The molecule has 0 spiro atoms. The van der Waals surface area contributed by atoms with Crippen LogP contribution in [0.15, 0.2) is 36.5 Å². The summed E-state index contributed by atoms with van der Waals surface area (Å²) < 4.78 is 3.15. The third kappa shape index (κ3) is 4.14. The number of aromatic nitrogens is 5. The van der Waals surface area contributed by atoms with Gasteiger partial charge in [0, 0.05) is 36.0 Å². The highest BCUT2D eigenvalue weighted by molar-refractivity contribution is 5.90. The van der Waals surface area contributed by atoms with Crippen LogP contribution in [-0.2, 0) is 11.2 Å². The van der Waals surface area contributed by atoms with Gasteiger partial charge in [-0.05, 0) is 44.9 Å². The van der Waals surface area contributed by atoms with Crippen LogP contribution in [0.2, 0.25) is 0 Å². The summed E-state index contributed by atoms with van der Waals surface area (Å²) in [5.41, 5.74) is 4.64. The molecule has 1 amide bonds. The summed E-state index contributed by atoms with van der Waals surface area (Å²) >= 11 is 0. The van der Waals surface area contributed by atoms with Gasteiger partial charge in [-0.2, -0.15) is 15.5 Å². The van der Waals surface area contributed by atoms with Crippen LogP contribution in [-0.4, -0.2) is 35.2 Å². The molecule has 0 saturated heterocycles. The van der Waals surface area contributed by atoms with Gasteiger partial charge < -0.3 is 5.32 Å². The third-order valence-electron chi connectivity index (χ3n) is 5.34. The van der Waals surface area contributed by atoms with Crippen LogP contribution >= 0.6 is 0 Å². The quantitative estimate of drug-likeness (QED) is 0.355. The maximum atomic E-state index is 12.7. The average Bonchev–Trinajstić information content (AvgIpc) is 3.36. The van der Waals surface area contributed by atoms with Crippen LogP contribution in [0.4, 0.5) is 11.5 Å². The minimum Gasteiger partial charge on any atom is -0.311 e. The van der Waals surface area contributed by atoms with E-state index in [0.29, 0.717) is 34.8 Å². The number of nitrogens with zero attached hydrogens (tertiary/aromatic N) is 7. The summed E-state index contributed by atoms with van der Waals surface area (Å²) in [5, 5.41) is 31.6. The van der Waals surface area contributed by atoms with Gasteiger partial charge in [0.1, 0.15) is 17.5 Å². The first-order chi connectivity index (χ1) is 15.8. The normalized spacial score (nSPS) is 10.8. The highest BCUT2D eigenvalue weighted by Crippen LogP contribution is 2.21. The molecular formula is C22H20N8O3. The number of aryl methyl sites for hydroxylation is 3. The Hall–Kier alpha value is -4.59. The lowest BCUT2D eigenvalue weighted by Crippen LogP contribution is -2.16. The Morgan fingerprint density at radius 2 is 1.97 bits per heavy atom. The number of anilines is 1. The van der Waals surface area contributed by atoms with Crippen molar-refractivity contribution in [2.45, 2.75) is 33.6 Å². The van der Waals surface area contributed by atoms with Crippen molar-refractivity contribution >= 4 is 23.1 Å². The fraction of sp³-hybridized carbons (Fsp3) is 0.227. The summed E-state index contributed by atoms with van der Waals surface area (Å²) in [5.74, 6) is 0.259. The lowest BCUT2D eigenvalue weighted by molar-refractivity contribution is -0.384. The molecule has 0 atom stereocenters. The smallest absolute Gasteiger partial charge is 0.269 e. The van der Waals surface area contributed by atoms with Gasteiger partial charge in [0.15, 0.2) is 5.65 Å². The van der Waals surface area contributed by atoms with Gasteiger partial charge in [-0.3, -0.25) is 14.9 Å². The molecule has 11 heteroatoms. The molecular weight excluding hydrogens is 424 g/mol. The van der Waals surface area contributed by atoms with Gasteiger partial charge in [0.05, 0.1) is 22.5 Å². The number of nitrogens with one attached hydrogen (secondary N) is 1. The van der Waals surface area contributed by atoms with Crippen molar-refractivity contribution in [3.8, 4) is 11.8 Å². The monoisotopic (exact) mass is 444 g/mol. The predicted octanol–water partition coefficient (Wildman–Crippen LogP) is 3.19. The molecule has 33 heavy (non-hydrogen) atoms. The first kappa shape index (κ1) is 21.6. The van der Waals surface area contributed by atoms with Crippen molar-refractivity contribution in [2.75, 3.05) is 5.32 Å². The summed E-state index contributed by atoms with van der Waals surface area (Å²) in [6.07, 6.45) is 2.12. The molecule has 0 aliphatic rings. The van der Waals surface area contributed by atoms with Crippen LogP contribution in [0.25, 0.3) is 11.3 Å². The number of rotatable bonds is 6. The van der Waals surface area contributed by atoms with Crippen molar-refractivity contribution < 1.29 is 9.72 Å². The van der Waals surface area contributed by atoms with Gasteiger partial charge in [0.25, 0.3) is 5.69 Å². The highest BCUT2D eigenvalue weighted by Gasteiger charge is 2.16. The molecule has 4 rings (SSSR count). The SMILES string of the molecule is Cc1cc(NC(=O)CCc2c(C)nc3c(C#N)cnn3c2C)n(-c2ccc([N+](=O)[O-])cc2)n1. The van der Waals surface area contributed by atoms with E-state index in [1.54, 1.807) is 29.6 Å². The van der Waals surface area contributed by atoms with E-state index in [4.69, 9.17) is 0 Å². The summed E-state index contributed by atoms with van der Waals surface area (Å²) in [4.78, 5) is 27.6. The number of benzene rings is 1. The second-order valence-corrected chi connectivity index (χ2v) is 7.57. The van der Waals surface area contributed by atoms with Crippen molar-refractivity contribution in [3.63, 3.8) is 0 Å². The molecule has 0 fully saturated rings. The Morgan fingerprint density at radius 3 is 2.64 bits per heavy atom. The van der Waals surface area contributed by atoms with E-state index in [9.17, 15) is 20.2 Å². The predicted molar refractivity (Wildman–Crippen MR) is 119 cm³/mol. The first-order valence-corrected chi connectivity index (χ1v) is 10.1. The molecule has 4 aromatic rings. The highest BCUT2D eigenvalue weighted by atomic mass is 16.6. The average molecular weight is 444 g/mol. The number of hydrogen-bond donors (Lipinski definition) is 1. The van der Waals surface area contributed by atoms with Crippen LogP contribution in [0.1, 0.15) is 34.6 Å². The molecule has 1 N–H and O–H groups in total. The van der Waals surface area contributed by atoms with Gasteiger partial charge in [-0.15, -0.1) is 0 Å². The number of fused-ring (bicyclic) bond motifs is 1. The first-order valence-electron chi connectivity index (χ1n) is 10.1. The second-order valence-electron chi connectivity index (χ2n) is 7.57. The Balaban J connectivity index is 1.51. The van der Waals surface area contributed by atoms with Gasteiger partial charge >= 0.3 is 0 Å². The molecule has 11 nitrogen and oxygen atoms in total. The fourth-order valence-electron chi connectivity index (χ4n) is 3.70. The lowest BCUT2D eigenvalue weighted by Gasteiger charge is -2.12. The molecule has 0 saturated carbocycles. The Bertz CT molecular complexity index is 1430. The number of carbonyl (C=O) groups is 1. The van der Waals surface area contributed by atoms with Crippen LogP contribution in [0.3, 0.4) is 0 Å². The zero-order valence-corrected chi connectivity index (χ0v) is 18.2. The van der Waals surface area contributed by atoms with E-state index in [-0.39, 0.29) is 18.0 Å². The third-order valence-corrected chi connectivity index (χ3v) is 5.34. The van der Waals surface area contributed by atoms with Gasteiger partial charge in [0.2, 0.25) is 5.91 Å². The topological polar surface area (TPSA) is 144 Å². The molecule has 166 valence electrons. The van der Waals surface area contributed by atoms with Crippen molar-refractivity contribution in [2.24, 2.45) is 0 Å². The molecule has 0 aliphatic carbocycles. The number of amides is 1.